The van der Waals surface area contributed by atoms with Crippen LogP contribution in [0.25, 0.3) is 0 Å². The number of hydrogen-bond donors (Lipinski definition) is 0. The lowest BCUT2D eigenvalue weighted by Crippen LogP contribution is -2.17. The second kappa shape index (κ2) is 5.41. The van der Waals surface area contributed by atoms with Gasteiger partial charge in [0.25, 0.3) is 5.56 Å². The number of hydrogen-bond acceptors (Lipinski definition) is 6. The van der Waals surface area contributed by atoms with Crippen molar-refractivity contribution < 1.29 is 13.2 Å². The Morgan fingerprint density at radius 2 is 2.00 bits per heavy atom. The Hall–Kier alpha value is -2.22. The fraction of sp³-hybridized carbons (Fsp3) is 0.250. The first-order valence-electron chi connectivity index (χ1n) is 5.68. The van der Waals surface area contributed by atoms with Gasteiger partial charge in [0, 0.05) is 25.4 Å². The molecule has 0 fully saturated rings. The molecule has 2 aromatic rings. The Labute approximate surface area is 115 Å². The van der Waals surface area contributed by atoms with Crippen LogP contribution in [-0.4, -0.2) is 30.3 Å². The summed E-state index contributed by atoms with van der Waals surface area (Å²) in [7, 11) is -0.638. The van der Waals surface area contributed by atoms with Crippen LogP contribution in [0.2, 0.25) is 0 Å². The largest absolute Gasteiger partial charge is 0.480 e. The molecule has 8 heteroatoms. The smallest absolute Gasteiger partial charge is 0.250 e. The molecule has 2 aromatic heterocycles. The fourth-order valence-corrected chi connectivity index (χ4v) is 2.76. The number of sulfone groups is 1. The molecule has 0 saturated carbocycles. The van der Waals surface area contributed by atoms with E-state index < -0.39 is 9.84 Å². The molecular weight excluding hydrogens is 282 g/mol. The molecule has 0 unspecified atom stereocenters. The summed E-state index contributed by atoms with van der Waals surface area (Å²) in [4.78, 5) is 11.5. The van der Waals surface area contributed by atoms with Crippen LogP contribution in [0, 0.1) is 0 Å². The number of ether oxygens (including phenoxy) is 1. The Balaban J connectivity index is 2.30. The van der Waals surface area contributed by atoms with Crippen LogP contribution in [0.15, 0.2) is 40.3 Å². The topological polar surface area (TPSA) is 91.2 Å². The zero-order chi connectivity index (χ0) is 14.8. The highest BCUT2D eigenvalue weighted by atomic mass is 32.2. The minimum atomic E-state index is -3.65. The van der Waals surface area contributed by atoms with Crippen molar-refractivity contribution in [3.05, 3.63) is 46.4 Å². The maximum Gasteiger partial charge on any atom is 0.250 e. The highest BCUT2D eigenvalue weighted by molar-refractivity contribution is 7.90. The SMILES string of the molecule is COc1ccc(S(=O)(=O)Cc2ccn(C)c(=O)c2)nn1. The standard InChI is InChI=1S/C12H13N3O4S/c1-15-6-5-9(7-12(15)16)8-20(17,18)11-4-3-10(19-2)13-14-11/h3-7H,8H2,1-2H3. The average Bonchev–Trinajstić information content (AvgIpc) is 2.43. The molecule has 20 heavy (non-hydrogen) atoms. The Morgan fingerprint density at radius 1 is 1.25 bits per heavy atom. The second-order valence-corrected chi connectivity index (χ2v) is 6.09. The molecule has 0 aromatic carbocycles. The van der Waals surface area contributed by atoms with Gasteiger partial charge < -0.3 is 9.30 Å². The van der Waals surface area contributed by atoms with Crippen LogP contribution in [0.1, 0.15) is 5.56 Å². The summed E-state index contributed by atoms with van der Waals surface area (Å²) in [5.74, 6) is -0.0677. The highest BCUT2D eigenvalue weighted by Gasteiger charge is 2.18. The summed E-state index contributed by atoms with van der Waals surface area (Å²) in [6.07, 6.45) is 1.52. The first kappa shape index (κ1) is 14.2. The summed E-state index contributed by atoms with van der Waals surface area (Å²) >= 11 is 0. The van der Waals surface area contributed by atoms with Crippen molar-refractivity contribution in [2.45, 2.75) is 10.8 Å². The van der Waals surface area contributed by atoms with E-state index in [1.165, 1.54) is 36.1 Å². The van der Waals surface area contributed by atoms with E-state index in [2.05, 4.69) is 10.2 Å². The van der Waals surface area contributed by atoms with Crippen LogP contribution in [0.3, 0.4) is 0 Å². The Kier molecular flexibility index (Phi) is 3.84. The van der Waals surface area contributed by atoms with E-state index in [-0.39, 0.29) is 22.2 Å². The minimum Gasteiger partial charge on any atom is -0.480 e. The van der Waals surface area contributed by atoms with Crippen molar-refractivity contribution in [1.82, 2.24) is 14.8 Å². The summed E-state index contributed by atoms with van der Waals surface area (Å²) < 4.78 is 30.5. The first-order valence-corrected chi connectivity index (χ1v) is 7.33. The molecule has 0 spiro atoms. The van der Waals surface area contributed by atoms with Gasteiger partial charge in [-0.3, -0.25) is 4.79 Å². The molecule has 7 nitrogen and oxygen atoms in total. The van der Waals surface area contributed by atoms with Crippen LogP contribution in [0.5, 0.6) is 5.88 Å². The second-order valence-electron chi connectivity index (χ2n) is 4.16. The van der Waals surface area contributed by atoms with Crippen molar-refractivity contribution in [1.29, 1.82) is 0 Å². The molecule has 2 rings (SSSR count). The van der Waals surface area contributed by atoms with E-state index in [9.17, 15) is 13.2 Å². The lowest BCUT2D eigenvalue weighted by Gasteiger charge is -2.04. The highest BCUT2D eigenvalue weighted by Crippen LogP contribution is 2.14. The van der Waals surface area contributed by atoms with Gasteiger partial charge in [0.05, 0.1) is 12.9 Å². The van der Waals surface area contributed by atoms with Crippen LogP contribution < -0.4 is 10.3 Å². The van der Waals surface area contributed by atoms with Crippen LogP contribution in [0.4, 0.5) is 0 Å². The van der Waals surface area contributed by atoms with Crippen molar-refractivity contribution in [3.8, 4) is 5.88 Å². The van der Waals surface area contributed by atoms with E-state index in [0.29, 0.717) is 5.56 Å². The van der Waals surface area contributed by atoms with Crippen molar-refractivity contribution >= 4 is 9.84 Å². The molecule has 2 heterocycles. The molecule has 0 saturated heterocycles. The maximum absolute atomic E-state index is 12.1. The summed E-state index contributed by atoms with van der Waals surface area (Å²) in [5, 5.41) is 7.08. The third-order valence-corrected chi connectivity index (χ3v) is 4.24. The van der Waals surface area contributed by atoms with Gasteiger partial charge in [0.15, 0.2) is 5.03 Å². The monoisotopic (exact) mass is 295 g/mol. The maximum atomic E-state index is 12.1. The third kappa shape index (κ3) is 3.02. The van der Waals surface area contributed by atoms with Gasteiger partial charge in [-0.1, -0.05) is 0 Å². The molecule has 0 aliphatic carbocycles. The summed E-state index contributed by atoms with van der Waals surface area (Å²) in [6, 6.07) is 5.61. The fourth-order valence-electron chi connectivity index (χ4n) is 1.56. The number of aromatic nitrogens is 3. The lowest BCUT2D eigenvalue weighted by molar-refractivity contribution is 0.389. The molecule has 0 N–H and O–H groups in total. The molecular formula is C12H13N3O4S. The predicted octanol–water partition coefficient (Wildman–Crippen LogP) is 0.158. The van der Waals surface area contributed by atoms with Gasteiger partial charge in [-0.2, -0.15) is 0 Å². The predicted molar refractivity (Wildman–Crippen MR) is 71.2 cm³/mol. The molecule has 0 atom stereocenters. The first-order chi connectivity index (χ1) is 9.42. The number of methoxy groups -OCH3 is 1. The van der Waals surface area contributed by atoms with E-state index in [1.807, 2.05) is 0 Å². The van der Waals surface area contributed by atoms with Crippen molar-refractivity contribution in [2.24, 2.45) is 7.05 Å². The lowest BCUT2D eigenvalue weighted by atomic mass is 10.3. The minimum absolute atomic E-state index is 0.154. The van der Waals surface area contributed by atoms with E-state index in [1.54, 1.807) is 13.1 Å². The van der Waals surface area contributed by atoms with Crippen molar-refractivity contribution in [3.63, 3.8) is 0 Å². The van der Waals surface area contributed by atoms with Gasteiger partial charge in [0.2, 0.25) is 15.7 Å². The molecule has 0 aliphatic rings. The third-order valence-electron chi connectivity index (χ3n) is 2.67. The van der Waals surface area contributed by atoms with Gasteiger partial charge in [-0.25, -0.2) is 8.42 Å². The molecule has 0 bridgehead atoms. The molecule has 106 valence electrons. The van der Waals surface area contributed by atoms with E-state index in [0.717, 1.165) is 0 Å². The van der Waals surface area contributed by atoms with Gasteiger partial charge in [0.1, 0.15) is 0 Å². The molecule has 0 aliphatic heterocycles. The number of pyridine rings is 1. The number of nitrogens with zero attached hydrogens (tertiary/aromatic N) is 3. The zero-order valence-electron chi connectivity index (χ0n) is 11.0. The molecule has 0 amide bonds. The van der Waals surface area contributed by atoms with Crippen LogP contribution >= 0.6 is 0 Å². The molecule has 0 radical (unpaired) electrons. The van der Waals surface area contributed by atoms with E-state index >= 15 is 0 Å². The van der Waals surface area contributed by atoms with Crippen molar-refractivity contribution in [2.75, 3.05) is 7.11 Å². The normalized spacial score (nSPS) is 11.3. The number of rotatable bonds is 4. The number of aryl methyl sites for hydroxylation is 1. The zero-order valence-corrected chi connectivity index (χ0v) is 11.8. The summed E-state index contributed by atoms with van der Waals surface area (Å²) in [5.41, 5.74) is 0.143. The Bertz CT molecular complexity index is 766. The average molecular weight is 295 g/mol. The Morgan fingerprint density at radius 3 is 2.55 bits per heavy atom. The van der Waals surface area contributed by atoms with Gasteiger partial charge in [-0.15, -0.1) is 10.2 Å². The van der Waals surface area contributed by atoms with Gasteiger partial charge >= 0.3 is 0 Å². The van der Waals surface area contributed by atoms with E-state index in [4.69, 9.17) is 4.74 Å². The summed E-state index contributed by atoms with van der Waals surface area (Å²) in [6.45, 7) is 0. The van der Waals surface area contributed by atoms with Gasteiger partial charge in [-0.05, 0) is 17.7 Å². The van der Waals surface area contributed by atoms with Crippen LogP contribution in [-0.2, 0) is 22.6 Å². The quantitative estimate of drug-likeness (QED) is 0.798.